The van der Waals surface area contributed by atoms with Crippen LogP contribution in [0.15, 0.2) is 65.4 Å². The van der Waals surface area contributed by atoms with Gasteiger partial charge in [-0.05, 0) is 42.8 Å². The van der Waals surface area contributed by atoms with Gasteiger partial charge in [0.15, 0.2) is 0 Å². The second-order valence-corrected chi connectivity index (χ2v) is 5.46. The summed E-state index contributed by atoms with van der Waals surface area (Å²) in [6, 6.07) is 16.3. The van der Waals surface area contributed by atoms with Crippen LogP contribution < -0.4 is 5.32 Å². The molecular weight excluding hydrogens is 314 g/mol. The van der Waals surface area contributed by atoms with Crippen LogP contribution in [0.3, 0.4) is 0 Å². The highest BCUT2D eigenvalue weighted by atomic mass is 79.9. The average molecular weight is 328 g/mol. The normalized spacial score (nSPS) is 10.5. The second-order valence-electron chi connectivity index (χ2n) is 4.54. The maximum atomic E-state index is 4.39. The van der Waals surface area contributed by atoms with Crippen LogP contribution in [-0.2, 0) is 0 Å². The fraction of sp³-hybridized carbons (Fsp3) is 0.0625. The van der Waals surface area contributed by atoms with Crippen LogP contribution in [0, 0.1) is 6.92 Å². The Balaban J connectivity index is 1.98. The Morgan fingerprint density at radius 3 is 2.65 bits per heavy atom. The van der Waals surface area contributed by atoms with E-state index in [2.05, 4.69) is 49.9 Å². The number of nitrogens with one attached hydrogen (secondary N) is 1. The maximum Gasteiger partial charge on any atom is 0.212 e. The van der Waals surface area contributed by atoms with E-state index in [-0.39, 0.29) is 0 Å². The van der Waals surface area contributed by atoms with E-state index < -0.39 is 0 Å². The van der Waals surface area contributed by atoms with E-state index in [4.69, 9.17) is 0 Å². The third kappa shape index (κ3) is 2.60. The molecule has 1 aromatic heterocycles. The van der Waals surface area contributed by atoms with Crippen LogP contribution in [-0.4, -0.2) is 9.55 Å². The minimum atomic E-state index is 0.807. The van der Waals surface area contributed by atoms with Crippen LogP contribution in [0.2, 0.25) is 0 Å². The van der Waals surface area contributed by atoms with Crippen molar-refractivity contribution in [2.24, 2.45) is 0 Å². The molecule has 3 rings (SSSR count). The fourth-order valence-corrected chi connectivity index (χ4v) is 2.61. The number of hydrogen-bond donors (Lipinski definition) is 1. The van der Waals surface area contributed by atoms with Crippen molar-refractivity contribution in [1.82, 2.24) is 9.55 Å². The first kappa shape index (κ1) is 12.9. The summed E-state index contributed by atoms with van der Waals surface area (Å²) in [7, 11) is 0. The topological polar surface area (TPSA) is 29.9 Å². The van der Waals surface area contributed by atoms with Crippen molar-refractivity contribution in [2.75, 3.05) is 5.32 Å². The van der Waals surface area contributed by atoms with Gasteiger partial charge in [-0.15, -0.1) is 0 Å². The smallest absolute Gasteiger partial charge is 0.212 e. The predicted octanol–water partition coefficient (Wildman–Crippen LogP) is 4.69. The summed E-state index contributed by atoms with van der Waals surface area (Å²) in [6.45, 7) is 2.09. The van der Waals surface area contributed by atoms with Crippen LogP contribution in [0.1, 0.15) is 5.56 Å². The van der Waals surface area contributed by atoms with E-state index in [0.29, 0.717) is 0 Å². The standard InChI is InChI=1S/C16H14BrN3/c1-12-11-13(17)7-8-15(12)20-10-9-18-16(20)19-14-5-3-2-4-6-14/h2-11H,1H3,(H,18,19). The van der Waals surface area contributed by atoms with Gasteiger partial charge in [0.05, 0.1) is 5.69 Å². The molecule has 0 bridgehead atoms. The van der Waals surface area contributed by atoms with Gasteiger partial charge in [-0.25, -0.2) is 4.98 Å². The zero-order valence-corrected chi connectivity index (χ0v) is 12.6. The van der Waals surface area contributed by atoms with Gasteiger partial charge in [0, 0.05) is 22.6 Å². The highest BCUT2D eigenvalue weighted by Gasteiger charge is 2.07. The summed E-state index contributed by atoms with van der Waals surface area (Å²) in [5.41, 5.74) is 3.33. The molecule has 0 radical (unpaired) electrons. The minimum Gasteiger partial charge on any atom is -0.325 e. The Bertz CT molecular complexity index is 720. The monoisotopic (exact) mass is 327 g/mol. The number of para-hydroxylation sites is 1. The van der Waals surface area contributed by atoms with Gasteiger partial charge in [-0.3, -0.25) is 4.57 Å². The molecule has 0 amide bonds. The zero-order valence-electron chi connectivity index (χ0n) is 11.0. The number of anilines is 2. The summed E-state index contributed by atoms with van der Waals surface area (Å²) >= 11 is 3.49. The van der Waals surface area contributed by atoms with Crippen molar-refractivity contribution in [3.05, 3.63) is 71.0 Å². The molecule has 3 aromatic rings. The molecule has 0 saturated heterocycles. The van der Waals surface area contributed by atoms with E-state index in [9.17, 15) is 0 Å². The fourth-order valence-electron chi connectivity index (χ4n) is 2.13. The number of nitrogens with zero attached hydrogens (tertiary/aromatic N) is 2. The molecule has 1 heterocycles. The molecule has 0 fully saturated rings. The van der Waals surface area contributed by atoms with Crippen LogP contribution >= 0.6 is 15.9 Å². The summed E-state index contributed by atoms with van der Waals surface area (Å²) in [5.74, 6) is 0.807. The van der Waals surface area contributed by atoms with Crippen LogP contribution in [0.5, 0.6) is 0 Å². The summed E-state index contributed by atoms with van der Waals surface area (Å²) in [5, 5.41) is 3.33. The summed E-state index contributed by atoms with van der Waals surface area (Å²) < 4.78 is 3.13. The molecule has 0 atom stereocenters. The van der Waals surface area contributed by atoms with Gasteiger partial charge in [-0.2, -0.15) is 0 Å². The lowest BCUT2D eigenvalue weighted by molar-refractivity contribution is 1.05. The number of halogens is 1. The third-order valence-corrected chi connectivity index (χ3v) is 3.58. The Labute approximate surface area is 126 Å². The van der Waals surface area contributed by atoms with Gasteiger partial charge in [0.2, 0.25) is 5.95 Å². The molecule has 20 heavy (non-hydrogen) atoms. The lowest BCUT2D eigenvalue weighted by Gasteiger charge is -2.12. The van der Waals surface area contributed by atoms with Gasteiger partial charge in [0.25, 0.3) is 0 Å². The maximum absolute atomic E-state index is 4.39. The SMILES string of the molecule is Cc1cc(Br)ccc1-n1ccnc1Nc1ccccc1. The van der Waals surface area contributed by atoms with Crippen molar-refractivity contribution >= 4 is 27.6 Å². The molecule has 1 N–H and O–H groups in total. The molecule has 4 heteroatoms. The Morgan fingerprint density at radius 2 is 1.90 bits per heavy atom. The van der Waals surface area contributed by atoms with Gasteiger partial charge in [0.1, 0.15) is 0 Å². The lowest BCUT2D eigenvalue weighted by atomic mass is 10.2. The molecule has 0 saturated carbocycles. The van der Waals surface area contributed by atoms with Crippen molar-refractivity contribution in [3.8, 4) is 5.69 Å². The molecule has 0 aliphatic rings. The van der Waals surface area contributed by atoms with Crippen molar-refractivity contribution < 1.29 is 0 Å². The Morgan fingerprint density at radius 1 is 1.10 bits per heavy atom. The molecule has 3 nitrogen and oxygen atoms in total. The second kappa shape index (κ2) is 5.51. The molecule has 100 valence electrons. The highest BCUT2D eigenvalue weighted by Crippen LogP contribution is 2.23. The molecule has 0 spiro atoms. The first-order chi connectivity index (χ1) is 9.74. The van der Waals surface area contributed by atoms with E-state index in [1.807, 2.05) is 42.6 Å². The van der Waals surface area contributed by atoms with E-state index in [0.717, 1.165) is 21.8 Å². The lowest BCUT2D eigenvalue weighted by Crippen LogP contribution is -2.02. The number of hydrogen-bond acceptors (Lipinski definition) is 2. The van der Waals surface area contributed by atoms with Crippen molar-refractivity contribution in [1.29, 1.82) is 0 Å². The van der Waals surface area contributed by atoms with Crippen molar-refractivity contribution in [3.63, 3.8) is 0 Å². The number of aromatic nitrogens is 2. The van der Waals surface area contributed by atoms with Crippen molar-refractivity contribution in [2.45, 2.75) is 6.92 Å². The van der Waals surface area contributed by atoms with Crippen LogP contribution in [0.25, 0.3) is 5.69 Å². The van der Waals surface area contributed by atoms with Gasteiger partial charge < -0.3 is 5.32 Å². The third-order valence-electron chi connectivity index (χ3n) is 3.09. The number of aryl methyl sites for hydroxylation is 1. The zero-order chi connectivity index (χ0) is 13.9. The highest BCUT2D eigenvalue weighted by molar-refractivity contribution is 9.10. The number of imidazole rings is 1. The van der Waals surface area contributed by atoms with Crippen LogP contribution in [0.4, 0.5) is 11.6 Å². The first-order valence-corrected chi connectivity index (χ1v) is 7.15. The molecule has 2 aromatic carbocycles. The number of benzene rings is 2. The quantitative estimate of drug-likeness (QED) is 0.756. The first-order valence-electron chi connectivity index (χ1n) is 6.36. The van der Waals surface area contributed by atoms with E-state index in [1.165, 1.54) is 5.56 Å². The molecule has 0 unspecified atom stereocenters. The molecular formula is C16H14BrN3. The van der Waals surface area contributed by atoms with Gasteiger partial charge >= 0.3 is 0 Å². The largest absolute Gasteiger partial charge is 0.325 e. The summed E-state index contributed by atoms with van der Waals surface area (Å²) in [4.78, 5) is 4.39. The average Bonchev–Trinajstić information content (AvgIpc) is 2.88. The van der Waals surface area contributed by atoms with Gasteiger partial charge in [-0.1, -0.05) is 34.1 Å². The minimum absolute atomic E-state index is 0.807. The molecule has 0 aliphatic heterocycles. The Kier molecular flexibility index (Phi) is 3.56. The summed E-state index contributed by atoms with van der Waals surface area (Å²) in [6.07, 6.45) is 3.76. The van der Waals surface area contributed by atoms with E-state index in [1.54, 1.807) is 6.20 Å². The number of rotatable bonds is 3. The molecule has 0 aliphatic carbocycles. The predicted molar refractivity (Wildman–Crippen MR) is 85.7 cm³/mol. The van der Waals surface area contributed by atoms with E-state index >= 15 is 0 Å². The Hall–Kier alpha value is -2.07.